The standard InChI is InChI=1S/C17H19ClN2OS/c18-14-7-5-13(6-8-14)17(21)19-12-15(16-4-3-11-22-16)20-9-1-2-10-20/h3-8,11,15H,1-2,9-10,12H2,(H,19,21). The van der Waals surface area contributed by atoms with Crippen LogP contribution < -0.4 is 5.32 Å². The summed E-state index contributed by atoms with van der Waals surface area (Å²) in [6, 6.07) is 11.5. The topological polar surface area (TPSA) is 32.3 Å². The number of hydrogen-bond donors (Lipinski definition) is 1. The van der Waals surface area contributed by atoms with Gasteiger partial charge < -0.3 is 5.32 Å². The van der Waals surface area contributed by atoms with Crippen molar-refractivity contribution >= 4 is 28.8 Å². The zero-order valence-electron chi connectivity index (χ0n) is 12.3. The number of nitrogens with one attached hydrogen (secondary N) is 1. The normalized spacial score (nSPS) is 16.6. The Balaban J connectivity index is 1.66. The quantitative estimate of drug-likeness (QED) is 0.897. The molecule has 0 saturated carbocycles. The van der Waals surface area contributed by atoms with Gasteiger partial charge in [0.1, 0.15) is 0 Å². The second-order valence-electron chi connectivity index (χ2n) is 5.49. The number of halogens is 1. The summed E-state index contributed by atoms with van der Waals surface area (Å²) >= 11 is 7.62. The Morgan fingerprint density at radius 3 is 2.59 bits per heavy atom. The van der Waals surface area contributed by atoms with E-state index in [2.05, 4.69) is 27.7 Å². The monoisotopic (exact) mass is 334 g/mol. The highest BCUT2D eigenvalue weighted by Gasteiger charge is 2.24. The molecule has 2 aromatic rings. The molecule has 1 aromatic heterocycles. The molecule has 1 aliphatic heterocycles. The van der Waals surface area contributed by atoms with Crippen LogP contribution in [0.25, 0.3) is 0 Å². The van der Waals surface area contributed by atoms with Crippen LogP contribution in [0.1, 0.15) is 34.1 Å². The minimum atomic E-state index is -0.0441. The van der Waals surface area contributed by atoms with E-state index in [1.54, 1.807) is 35.6 Å². The van der Waals surface area contributed by atoms with E-state index >= 15 is 0 Å². The Labute approximate surface area is 139 Å². The van der Waals surface area contributed by atoms with Gasteiger partial charge in [0, 0.05) is 22.0 Å². The molecule has 1 aliphatic rings. The van der Waals surface area contributed by atoms with Gasteiger partial charge in [-0.3, -0.25) is 9.69 Å². The molecule has 1 amide bonds. The van der Waals surface area contributed by atoms with Gasteiger partial charge >= 0.3 is 0 Å². The van der Waals surface area contributed by atoms with Crippen molar-refractivity contribution in [3.05, 3.63) is 57.2 Å². The van der Waals surface area contributed by atoms with E-state index in [1.807, 2.05) is 0 Å². The molecule has 3 nitrogen and oxygen atoms in total. The van der Waals surface area contributed by atoms with Crippen molar-refractivity contribution in [3.8, 4) is 0 Å². The molecular weight excluding hydrogens is 316 g/mol. The summed E-state index contributed by atoms with van der Waals surface area (Å²) in [5, 5.41) is 5.81. The number of thiophene rings is 1. The molecule has 1 fully saturated rings. The van der Waals surface area contributed by atoms with Crippen molar-refractivity contribution in [1.29, 1.82) is 0 Å². The van der Waals surface area contributed by atoms with Crippen molar-refractivity contribution < 1.29 is 4.79 Å². The molecule has 1 unspecified atom stereocenters. The molecule has 1 saturated heterocycles. The second-order valence-corrected chi connectivity index (χ2v) is 6.91. The van der Waals surface area contributed by atoms with Crippen LogP contribution >= 0.6 is 22.9 Å². The predicted molar refractivity (Wildman–Crippen MR) is 91.7 cm³/mol. The first kappa shape index (κ1) is 15.5. The van der Waals surface area contributed by atoms with Crippen LogP contribution in [0.4, 0.5) is 0 Å². The third-order valence-electron chi connectivity index (χ3n) is 4.02. The first-order chi connectivity index (χ1) is 10.7. The van der Waals surface area contributed by atoms with Gasteiger partial charge in [0.25, 0.3) is 5.91 Å². The van der Waals surface area contributed by atoms with Gasteiger partial charge in [-0.2, -0.15) is 0 Å². The molecule has 0 aliphatic carbocycles. The van der Waals surface area contributed by atoms with E-state index in [4.69, 9.17) is 11.6 Å². The van der Waals surface area contributed by atoms with Crippen molar-refractivity contribution in [2.45, 2.75) is 18.9 Å². The SMILES string of the molecule is O=C(NCC(c1cccs1)N1CCCC1)c1ccc(Cl)cc1. The van der Waals surface area contributed by atoms with Crippen LogP contribution in [0, 0.1) is 0 Å². The van der Waals surface area contributed by atoms with Gasteiger partial charge in [-0.1, -0.05) is 17.7 Å². The lowest BCUT2D eigenvalue weighted by Crippen LogP contribution is -2.36. The van der Waals surface area contributed by atoms with Crippen LogP contribution in [0.2, 0.25) is 5.02 Å². The van der Waals surface area contributed by atoms with Crippen molar-refractivity contribution in [2.24, 2.45) is 0 Å². The van der Waals surface area contributed by atoms with E-state index in [9.17, 15) is 4.79 Å². The number of carbonyl (C=O) groups is 1. The molecule has 3 rings (SSSR count). The van der Waals surface area contributed by atoms with Crippen LogP contribution in [-0.2, 0) is 0 Å². The largest absolute Gasteiger partial charge is 0.350 e. The van der Waals surface area contributed by atoms with Crippen molar-refractivity contribution in [2.75, 3.05) is 19.6 Å². The summed E-state index contributed by atoms with van der Waals surface area (Å²) in [6.07, 6.45) is 2.49. The number of likely N-dealkylation sites (tertiary alicyclic amines) is 1. The Bertz CT molecular complexity index is 606. The lowest BCUT2D eigenvalue weighted by Gasteiger charge is -2.26. The molecule has 22 heavy (non-hydrogen) atoms. The van der Waals surface area contributed by atoms with Gasteiger partial charge in [-0.05, 0) is 61.6 Å². The molecule has 0 radical (unpaired) electrons. The van der Waals surface area contributed by atoms with Crippen molar-refractivity contribution in [1.82, 2.24) is 10.2 Å². The summed E-state index contributed by atoms with van der Waals surface area (Å²) in [6.45, 7) is 2.86. The Kier molecular flexibility index (Phi) is 5.13. The Morgan fingerprint density at radius 2 is 1.95 bits per heavy atom. The van der Waals surface area contributed by atoms with Gasteiger partial charge in [0.15, 0.2) is 0 Å². The van der Waals surface area contributed by atoms with E-state index in [0.29, 0.717) is 17.1 Å². The summed E-state index contributed by atoms with van der Waals surface area (Å²) in [5.74, 6) is -0.0441. The van der Waals surface area contributed by atoms with E-state index in [0.717, 1.165) is 13.1 Å². The molecular formula is C17H19ClN2OS. The highest BCUT2D eigenvalue weighted by molar-refractivity contribution is 7.10. The summed E-state index contributed by atoms with van der Waals surface area (Å²) in [5.41, 5.74) is 0.649. The minimum Gasteiger partial charge on any atom is -0.350 e. The summed E-state index contributed by atoms with van der Waals surface area (Å²) < 4.78 is 0. The maximum atomic E-state index is 12.3. The number of benzene rings is 1. The predicted octanol–water partition coefficient (Wildman–Crippen LogP) is 3.97. The van der Waals surface area contributed by atoms with E-state index in [1.165, 1.54) is 17.7 Å². The van der Waals surface area contributed by atoms with Crippen LogP contribution in [0.3, 0.4) is 0 Å². The first-order valence-electron chi connectivity index (χ1n) is 7.55. The van der Waals surface area contributed by atoms with Crippen LogP contribution in [0.15, 0.2) is 41.8 Å². The van der Waals surface area contributed by atoms with E-state index in [-0.39, 0.29) is 11.9 Å². The number of rotatable bonds is 5. The molecule has 1 N–H and O–H groups in total. The lowest BCUT2D eigenvalue weighted by molar-refractivity contribution is 0.0938. The average Bonchev–Trinajstić information content (AvgIpc) is 3.22. The molecule has 0 spiro atoms. The van der Waals surface area contributed by atoms with Gasteiger partial charge in [0.2, 0.25) is 0 Å². The molecule has 5 heteroatoms. The second kappa shape index (κ2) is 7.27. The molecule has 116 valence electrons. The molecule has 0 bridgehead atoms. The maximum Gasteiger partial charge on any atom is 0.251 e. The molecule has 2 heterocycles. The molecule has 1 aromatic carbocycles. The average molecular weight is 335 g/mol. The number of hydrogen-bond acceptors (Lipinski definition) is 3. The van der Waals surface area contributed by atoms with Gasteiger partial charge in [0.05, 0.1) is 6.04 Å². The third kappa shape index (κ3) is 3.69. The summed E-state index contributed by atoms with van der Waals surface area (Å²) in [7, 11) is 0. The van der Waals surface area contributed by atoms with E-state index < -0.39 is 0 Å². The van der Waals surface area contributed by atoms with Gasteiger partial charge in [-0.25, -0.2) is 0 Å². The fourth-order valence-electron chi connectivity index (χ4n) is 2.84. The smallest absolute Gasteiger partial charge is 0.251 e. The zero-order valence-corrected chi connectivity index (χ0v) is 13.9. The summed E-state index contributed by atoms with van der Waals surface area (Å²) in [4.78, 5) is 16.1. The zero-order chi connectivity index (χ0) is 15.4. The minimum absolute atomic E-state index is 0.0441. The highest BCUT2D eigenvalue weighted by atomic mass is 35.5. The lowest BCUT2D eigenvalue weighted by atomic mass is 10.2. The fraction of sp³-hybridized carbons (Fsp3) is 0.353. The highest BCUT2D eigenvalue weighted by Crippen LogP contribution is 2.27. The first-order valence-corrected chi connectivity index (χ1v) is 8.81. The number of amides is 1. The third-order valence-corrected chi connectivity index (χ3v) is 5.24. The Morgan fingerprint density at radius 1 is 1.23 bits per heavy atom. The van der Waals surface area contributed by atoms with Gasteiger partial charge in [-0.15, -0.1) is 11.3 Å². The maximum absolute atomic E-state index is 12.3. The number of carbonyl (C=O) groups excluding carboxylic acids is 1. The Hall–Kier alpha value is -1.36. The number of nitrogens with zero attached hydrogens (tertiary/aromatic N) is 1. The molecule has 1 atom stereocenters. The van der Waals surface area contributed by atoms with Crippen LogP contribution in [-0.4, -0.2) is 30.4 Å². The fourth-order valence-corrected chi connectivity index (χ4v) is 3.82. The van der Waals surface area contributed by atoms with Crippen LogP contribution in [0.5, 0.6) is 0 Å². The van der Waals surface area contributed by atoms with Crippen molar-refractivity contribution in [3.63, 3.8) is 0 Å².